The predicted molar refractivity (Wildman–Crippen MR) is 230 cm³/mol. The van der Waals surface area contributed by atoms with Crippen LogP contribution in [0.15, 0.2) is 109 Å². The van der Waals surface area contributed by atoms with Crippen molar-refractivity contribution in [1.82, 2.24) is 9.55 Å². The molecule has 0 N–H and O–H groups in total. The number of nitrogens with zero attached hydrogens (tertiary/aromatic N) is 4. The molecule has 0 amide bonds. The zero-order chi connectivity index (χ0) is 38.8. The van der Waals surface area contributed by atoms with Crippen molar-refractivity contribution >= 4 is 44.6 Å². The molecule has 0 radical (unpaired) electrons. The Labute approximate surface area is 347 Å². The number of pyridine rings is 1. The van der Waals surface area contributed by atoms with Crippen LogP contribution in [0.3, 0.4) is 0 Å². The molecule has 5 aromatic carbocycles. The number of benzene rings is 5. The summed E-state index contributed by atoms with van der Waals surface area (Å²) in [6, 6.07) is 43.7. The second kappa shape index (κ2) is 14.9. The van der Waals surface area contributed by atoms with Crippen LogP contribution in [-0.4, -0.2) is 9.55 Å². The van der Waals surface area contributed by atoms with Crippen molar-refractivity contribution in [2.75, 3.05) is 9.80 Å². The number of rotatable bonds is 7. The Balaban J connectivity index is 0.00000480. The summed E-state index contributed by atoms with van der Waals surface area (Å²) in [5.41, 5.74) is 11.8. The Kier molecular flexibility index (Phi) is 10.5. The van der Waals surface area contributed by atoms with Crippen LogP contribution >= 0.6 is 0 Å². The second-order valence-electron chi connectivity index (χ2n) is 17.5. The van der Waals surface area contributed by atoms with Crippen LogP contribution in [0.4, 0.5) is 22.7 Å². The maximum atomic E-state index is 6.60. The molecule has 290 valence electrons. The second-order valence-corrected chi connectivity index (χ2v) is 17.5. The van der Waals surface area contributed by atoms with Crippen LogP contribution in [0.5, 0.6) is 11.5 Å². The smallest absolute Gasteiger partial charge is 0.135 e. The molecule has 0 saturated carbocycles. The Morgan fingerprint density at radius 1 is 0.625 bits per heavy atom. The van der Waals surface area contributed by atoms with E-state index < -0.39 is 0 Å². The normalized spacial score (nSPS) is 13.2. The number of anilines is 4. The number of ether oxygens (including phenoxy) is 1. The first kappa shape index (κ1) is 39.4. The van der Waals surface area contributed by atoms with Gasteiger partial charge < -0.3 is 19.1 Å². The van der Waals surface area contributed by atoms with E-state index in [1.165, 1.54) is 27.9 Å². The van der Waals surface area contributed by atoms with Crippen molar-refractivity contribution in [1.29, 1.82) is 0 Å². The van der Waals surface area contributed by atoms with E-state index in [1.54, 1.807) is 0 Å². The van der Waals surface area contributed by atoms with Gasteiger partial charge in [0.05, 0.1) is 0 Å². The summed E-state index contributed by atoms with van der Waals surface area (Å²) in [4.78, 5) is 9.45. The van der Waals surface area contributed by atoms with Crippen molar-refractivity contribution in [2.45, 2.75) is 91.9 Å². The molecule has 5 nitrogen and oxygen atoms in total. The Morgan fingerprint density at radius 2 is 1.25 bits per heavy atom. The molecule has 0 unspecified atom stereocenters. The summed E-state index contributed by atoms with van der Waals surface area (Å²) in [6.07, 6.45) is 1.90. The first-order chi connectivity index (χ1) is 26.2. The van der Waals surface area contributed by atoms with Gasteiger partial charge in [-0.1, -0.05) is 117 Å². The zero-order valence-corrected chi connectivity index (χ0v) is 36.4. The number of hydrogen-bond donors (Lipinski definition) is 0. The molecule has 56 heavy (non-hydrogen) atoms. The van der Waals surface area contributed by atoms with E-state index in [4.69, 9.17) is 9.72 Å². The van der Waals surface area contributed by atoms with Gasteiger partial charge in [-0.05, 0) is 80.6 Å². The number of fused-ring (bicyclic) bond motifs is 4. The van der Waals surface area contributed by atoms with E-state index in [2.05, 4.69) is 187 Å². The van der Waals surface area contributed by atoms with Crippen molar-refractivity contribution in [3.05, 3.63) is 150 Å². The van der Waals surface area contributed by atoms with Gasteiger partial charge in [0.1, 0.15) is 5.82 Å². The molecule has 1 aliphatic rings. The van der Waals surface area contributed by atoms with Crippen LogP contribution in [0.25, 0.3) is 27.6 Å². The molecule has 3 heterocycles. The number of para-hydroxylation sites is 3. The van der Waals surface area contributed by atoms with Crippen LogP contribution in [0.1, 0.15) is 103 Å². The fraction of sp³-hybridized carbons (Fsp3) is 0.280. The maximum absolute atomic E-state index is 6.60. The van der Waals surface area contributed by atoms with E-state index in [0.29, 0.717) is 23.3 Å². The third-order valence-corrected chi connectivity index (χ3v) is 10.8. The summed E-state index contributed by atoms with van der Waals surface area (Å²) in [6.45, 7) is 25.0. The molecule has 0 aliphatic carbocycles. The molecule has 2 aromatic heterocycles. The molecule has 0 fully saturated rings. The summed E-state index contributed by atoms with van der Waals surface area (Å²) in [5, 5.41) is 2.25. The molecule has 8 rings (SSSR count). The van der Waals surface area contributed by atoms with Crippen molar-refractivity contribution < 1.29 is 25.8 Å². The zero-order valence-electron chi connectivity index (χ0n) is 34.1. The molecule has 1 aliphatic heterocycles. The first-order valence-electron chi connectivity index (χ1n) is 19.5. The molecule has 0 spiro atoms. The van der Waals surface area contributed by atoms with Crippen LogP contribution in [0, 0.1) is 18.8 Å². The topological polar surface area (TPSA) is 33.5 Å². The summed E-state index contributed by atoms with van der Waals surface area (Å²) in [7, 11) is 0. The number of hydrogen-bond acceptors (Lipinski definition) is 4. The molecule has 6 heteroatoms. The van der Waals surface area contributed by atoms with Gasteiger partial charge in [0.25, 0.3) is 0 Å². The SMILES string of the molecule is CC(C)c1cc(C(C)(C)C)cc(C(C)C)c1N1[CH-]N(c2[c-]c(Oc3[c-]c4c(cc3)c3ccccc3n4-c3cc(C(C)(C)C)ccn3)ccc2)c2ccccc21.[Pt]. The molecule has 0 bridgehead atoms. The van der Waals surface area contributed by atoms with E-state index in [1.807, 2.05) is 24.4 Å². The summed E-state index contributed by atoms with van der Waals surface area (Å²) >= 11 is 0. The van der Waals surface area contributed by atoms with Gasteiger partial charge in [-0.2, -0.15) is 12.1 Å². The van der Waals surface area contributed by atoms with E-state index in [-0.39, 0.29) is 31.9 Å². The predicted octanol–water partition coefficient (Wildman–Crippen LogP) is 13.8. The third-order valence-electron chi connectivity index (χ3n) is 10.8. The van der Waals surface area contributed by atoms with E-state index in [0.717, 1.165) is 44.7 Å². The van der Waals surface area contributed by atoms with Gasteiger partial charge in [0, 0.05) is 61.3 Å². The minimum Gasteiger partial charge on any atom is -0.509 e. The number of aromatic nitrogens is 2. The molecular formula is C50H51N4OPt-3. The van der Waals surface area contributed by atoms with Gasteiger partial charge in [-0.3, -0.25) is 0 Å². The van der Waals surface area contributed by atoms with Crippen LogP contribution in [0.2, 0.25) is 0 Å². The van der Waals surface area contributed by atoms with Gasteiger partial charge in [-0.25, -0.2) is 4.98 Å². The van der Waals surface area contributed by atoms with Crippen molar-refractivity contribution in [2.24, 2.45) is 0 Å². The monoisotopic (exact) mass is 918 g/mol. The van der Waals surface area contributed by atoms with Crippen LogP contribution in [-0.2, 0) is 31.9 Å². The minimum absolute atomic E-state index is 0. The summed E-state index contributed by atoms with van der Waals surface area (Å²) < 4.78 is 8.80. The molecule has 7 aromatic rings. The van der Waals surface area contributed by atoms with Crippen LogP contribution < -0.4 is 14.5 Å². The Hall–Kier alpha value is -4.86. The van der Waals surface area contributed by atoms with Crippen molar-refractivity contribution in [3.63, 3.8) is 0 Å². The molecule has 0 atom stereocenters. The quantitative estimate of drug-likeness (QED) is 0.149. The third kappa shape index (κ3) is 7.16. The fourth-order valence-electron chi connectivity index (χ4n) is 7.69. The van der Waals surface area contributed by atoms with Gasteiger partial charge in [0.2, 0.25) is 0 Å². The average Bonchev–Trinajstić information content (AvgIpc) is 3.69. The summed E-state index contributed by atoms with van der Waals surface area (Å²) in [5.74, 6) is 2.79. The molecule has 0 saturated heterocycles. The van der Waals surface area contributed by atoms with Gasteiger partial charge >= 0.3 is 0 Å². The maximum Gasteiger partial charge on any atom is 0.135 e. The first-order valence-corrected chi connectivity index (χ1v) is 19.5. The van der Waals surface area contributed by atoms with Gasteiger partial charge in [0.15, 0.2) is 0 Å². The van der Waals surface area contributed by atoms with Gasteiger partial charge in [-0.15, -0.1) is 48.1 Å². The molecular weight excluding hydrogens is 868 g/mol. The Bertz CT molecular complexity index is 2520. The minimum atomic E-state index is -0.0100. The average molecular weight is 919 g/mol. The van der Waals surface area contributed by atoms with Crippen molar-refractivity contribution in [3.8, 4) is 17.3 Å². The Morgan fingerprint density at radius 3 is 1.91 bits per heavy atom. The largest absolute Gasteiger partial charge is 0.509 e. The van der Waals surface area contributed by atoms with E-state index >= 15 is 0 Å². The fourth-order valence-corrected chi connectivity index (χ4v) is 7.69. The van der Waals surface area contributed by atoms with E-state index in [9.17, 15) is 0 Å². The standard InChI is InChI=1S/C50H51N4O.Pt/c1-32(2)41-26-35(50(8,9)10)27-42(33(3)4)48(41)53-31-52(44-20-13-14-21-45(44)53)36-16-15-17-37(29-36)55-38-22-23-40-39-18-11-12-19-43(39)54(46(40)30-38)47-28-34(24-25-51-47)49(5,6)7;/h11-28,31-33H,1-10H3;/q-3;.